The maximum absolute atomic E-state index is 4.84. The third-order valence-electron chi connectivity index (χ3n) is 4.58. The van der Waals surface area contributed by atoms with Crippen molar-refractivity contribution in [1.82, 2.24) is 9.97 Å². The van der Waals surface area contributed by atoms with Crippen molar-refractivity contribution in [3.8, 4) is 0 Å². The quantitative estimate of drug-likeness (QED) is 0.564. The predicted molar refractivity (Wildman–Crippen MR) is 94.3 cm³/mol. The van der Waals surface area contributed by atoms with Gasteiger partial charge in [-0.1, -0.05) is 36.4 Å². The average molecular weight is 297 g/mol. The summed E-state index contributed by atoms with van der Waals surface area (Å²) in [6.45, 7) is 0.834. The van der Waals surface area contributed by atoms with Crippen LogP contribution in [0, 0.1) is 0 Å². The first-order chi connectivity index (χ1) is 11.4. The Morgan fingerprint density at radius 3 is 2.78 bits per heavy atom. The molecule has 0 amide bonds. The second-order valence-corrected chi connectivity index (χ2v) is 5.88. The molecule has 3 nitrogen and oxygen atoms in total. The summed E-state index contributed by atoms with van der Waals surface area (Å²) in [5.41, 5.74) is 6.95. The van der Waals surface area contributed by atoms with E-state index < -0.39 is 0 Å². The fraction of sp³-hybridized carbons (Fsp3) is 0.100. The zero-order valence-electron chi connectivity index (χ0n) is 12.6. The molecule has 23 heavy (non-hydrogen) atoms. The molecule has 0 fully saturated rings. The van der Waals surface area contributed by atoms with Crippen LogP contribution in [0.2, 0.25) is 0 Å². The van der Waals surface area contributed by atoms with E-state index in [1.165, 1.54) is 16.5 Å². The second kappa shape index (κ2) is 4.78. The van der Waals surface area contributed by atoms with Gasteiger partial charge < -0.3 is 4.98 Å². The molecular weight excluding hydrogens is 282 g/mol. The molecular formula is C20H15N3. The summed E-state index contributed by atoms with van der Waals surface area (Å²) < 4.78 is 0. The van der Waals surface area contributed by atoms with Gasteiger partial charge in [0, 0.05) is 34.6 Å². The molecule has 0 spiro atoms. The van der Waals surface area contributed by atoms with Gasteiger partial charge in [0.15, 0.2) is 0 Å². The largest absolute Gasteiger partial charge is 0.353 e. The molecule has 2 aromatic heterocycles. The molecule has 3 heteroatoms. The van der Waals surface area contributed by atoms with E-state index >= 15 is 0 Å². The topological polar surface area (TPSA) is 41.0 Å². The van der Waals surface area contributed by atoms with Gasteiger partial charge in [-0.25, -0.2) is 0 Å². The Morgan fingerprint density at radius 2 is 1.78 bits per heavy atom. The summed E-state index contributed by atoms with van der Waals surface area (Å²) in [6.07, 6.45) is 2.83. The molecule has 5 rings (SSSR count). The smallest absolute Gasteiger partial charge is 0.0891 e. The number of fused-ring (bicyclic) bond motifs is 4. The molecule has 0 unspecified atom stereocenters. The van der Waals surface area contributed by atoms with Crippen LogP contribution in [0.3, 0.4) is 0 Å². The molecule has 0 atom stereocenters. The minimum atomic E-state index is 0.834. The Bertz CT molecular complexity index is 1070. The van der Waals surface area contributed by atoms with Crippen molar-refractivity contribution in [2.24, 2.45) is 4.99 Å². The van der Waals surface area contributed by atoms with Crippen molar-refractivity contribution >= 4 is 27.5 Å². The van der Waals surface area contributed by atoms with Gasteiger partial charge in [0.05, 0.1) is 16.9 Å². The molecule has 0 saturated carbocycles. The van der Waals surface area contributed by atoms with Crippen LogP contribution in [-0.2, 0) is 6.42 Å². The van der Waals surface area contributed by atoms with E-state index in [-0.39, 0.29) is 0 Å². The lowest BCUT2D eigenvalue weighted by molar-refractivity contribution is 0.948. The summed E-state index contributed by atoms with van der Waals surface area (Å²) >= 11 is 0. The van der Waals surface area contributed by atoms with E-state index in [1.54, 1.807) is 0 Å². The van der Waals surface area contributed by atoms with E-state index in [2.05, 4.69) is 52.4 Å². The van der Waals surface area contributed by atoms with Gasteiger partial charge in [-0.2, -0.15) is 0 Å². The third-order valence-corrected chi connectivity index (χ3v) is 4.58. The van der Waals surface area contributed by atoms with Crippen molar-refractivity contribution in [2.75, 3.05) is 6.54 Å². The molecule has 0 aliphatic carbocycles. The monoisotopic (exact) mass is 297 g/mol. The zero-order chi connectivity index (χ0) is 15.2. The molecule has 0 bridgehead atoms. The molecule has 1 aliphatic rings. The number of hydrogen-bond donors (Lipinski definition) is 1. The lowest BCUT2D eigenvalue weighted by Crippen LogP contribution is -2.14. The SMILES string of the molecule is c1cc(C2=NCCc3c2[nH]c2ccccc32)c2cccnc2c1. The van der Waals surface area contributed by atoms with E-state index in [0.717, 1.165) is 40.8 Å². The highest BCUT2D eigenvalue weighted by atomic mass is 14.8. The first-order valence-electron chi connectivity index (χ1n) is 7.90. The Balaban J connectivity index is 1.80. The van der Waals surface area contributed by atoms with Gasteiger partial charge in [0.2, 0.25) is 0 Å². The van der Waals surface area contributed by atoms with Crippen molar-refractivity contribution in [1.29, 1.82) is 0 Å². The maximum Gasteiger partial charge on any atom is 0.0891 e. The van der Waals surface area contributed by atoms with Crippen molar-refractivity contribution in [3.63, 3.8) is 0 Å². The van der Waals surface area contributed by atoms with Gasteiger partial charge in [-0.05, 0) is 30.2 Å². The standard InChI is InChI=1S/C20H15N3/c1-2-8-18-14(5-1)16-10-12-22-19(20(16)23-18)15-6-3-9-17-13(15)7-4-11-21-17/h1-9,11,23H,10,12H2. The van der Waals surface area contributed by atoms with Crippen LogP contribution in [0.1, 0.15) is 16.8 Å². The Labute approximate surface area is 133 Å². The predicted octanol–water partition coefficient (Wildman–Crippen LogP) is 4.11. The van der Waals surface area contributed by atoms with Crippen LogP contribution >= 0.6 is 0 Å². The molecule has 1 aliphatic heterocycles. The van der Waals surface area contributed by atoms with Gasteiger partial charge in [-0.3, -0.25) is 9.98 Å². The maximum atomic E-state index is 4.84. The number of aromatic amines is 1. The van der Waals surface area contributed by atoms with Crippen LogP contribution in [-0.4, -0.2) is 22.2 Å². The van der Waals surface area contributed by atoms with Crippen molar-refractivity contribution in [2.45, 2.75) is 6.42 Å². The number of nitrogens with one attached hydrogen (secondary N) is 1. The number of aromatic nitrogens is 2. The molecule has 0 radical (unpaired) electrons. The van der Waals surface area contributed by atoms with E-state index in [1.807, 2.05) is 18.3 Å². The van der Waals surface area contributed by atoms with E-state index in [9.17, 15) is 0 Å². The third kappa shape index (κ3) is 1.83. The molecule has 1 N–H and O–H groups in total. The molecule has 2 aromatic carbocycles. The molecule has 0 saturated heterocycles. The summed E-state index contributed by atoms with van der Waals surface area (Å²) in [5.74, 6) is 0. The normalized spacial score (nSPS) is 14.0. The number of para-hydroxylation sites is 1. The summed E-state index contributed by atoms with van der Waals surface area (Å²) in [5, 5.41) is 2.47. The lowest BCUT2D eigenvalue weighted by atomic mass is 9.95. The minimum Gasteiger partial charge on any atom is -0.353 e. The van der Waals surface area contributed by atoms with Gasteiger partial charge in [-0.15, -0.1) is 0 Å². The highest BCUT2D eigenvalue weighted by Gasteiger charge is 2.21. The summed E-state index contributed by atoms with van der Waals surface area (Å²) in [4.78, 5) is 12.9. The number of hydrogen-bond acceptors (Lipinski definition) is 2. The molecule has 3 heterocycles. The van der Waals surface area contributed by atoms with Crippen molar-refractivity contribution in [3.05, 3.63) is 77.6 Å². The lowest BCUT2D eigenvalue weighted by Gasteiger charge is -2.15. The number of aliphatic imine (C=N–C) groups is 1. The summed E-state index contributed by atoms with van der Waals surface area (Å²) in [6, 6.07) is 18.9. The van der Waals surface area contributed by atoms with Gasteiger partial charge in [0.1, 0.15) is 0 Å². The number of nitrogens with zero attached hydrogens (tertiary/aromatic N) is 2. The van der Waals surface area contributed by atoms with Crippen LogP contribution < -0.4 is 0 Å². The molecule has 110 valence electrons. The fourth-order valence-corrected chi connectivity index (χ4v) is 3.55. The van der Waals surface area contributed by atoms with Crippen molar-refractivity contribution < 1.29 is 0 Å². The number of benzene rings is 2. The van der Waals surface area contributed by atoms with E-state index in [0.29, 0.717) is 0 Å². The number of pyridine rings is 1. The van der Waals surface area contributed by atoms with Crippen LogP contribution in [0.15, 0.2) is 65.8 Å². The fourth-order valence-electron chi connectivity index (χ4n) is 3.55. The zero-order valence-corrected chi connectivity index (χ0v) is 12.6. The Hall–Kier alpha value is -2.94. The highest BCUT2D eigenvalue weighted by Crippen LogP contribution is 2.30. The van der Waals surface area contributed by atoms with E-state index in [4.69, 9.17) is 4.99 Å². The van der Waals surface area contributed by atoms with Crippen LogP contribution in [0.5, 0.6) is 0 Å². The Morgan fingerprint density at radius 1 is 0.870 bits per heavy atom. The second-order valence-electron chi connectivity index (χ2n) is 5.88. The minimum absolute atomic E-state index is 0.834. The number of rotatable bonds is 1. The van der Waals surface area contributed by atoms with Crippen LogP contribution in [0.25, 0.3) is 21.8 Å². The Kier molecular flexibility index (Phi) is 2.62. The summed E-state index contributed by atoms with van der Waals surface area (Å²) in [7, 11) is 0. The number of H-pyrrole nitrogens is 1. The van der Waals surface area contributed by atoms with Gasteiger partial charge >= 0.3 is 0 Å². The first-order valence-corrected chi connectivity index (χ1v) is 7.90. The van der Waals surface area contributed by atoms with Gasteiger partial charge in [0.25, 0.3) is 0 Å². The molecule has 4 aromatic rings. The highest BCUT2D eigenvalue weighted by molar-refractivity contribution is 6.21. The first kappa shape index (κ1) is 12.6. The van der Waals surface area contributed by atoms with Crippen LogP contribution in [0.4, 0.5) is 0 Å². The average Bonchev–Trinajstić information content (AvgIpc) is 3.00.